The Morgan fingerprint density at radius 2 is 1.84 bits per heavy atom. The molecule has 0 spiro atoms. The first-order valence-corrected chi connectivity index (χ1v) is 6.82. The van der Waals surface area contributed by atoms with Crippen LogP contribution in [0, 0.1) is 23.2 Å². The lowest BCUT2D eigenvalue weighted by Gasteiger charge is -2.31. The topological polar surface area (TPSA) is 33.0 Å². The molecule has 1 aliphatic rings. The molecular formula is C16H22ClNO. The van der Waals surface area contributed by atoms with Crippen molar-refractivity contribution in [3.63, 3.8) is 0 Å². The average Bonchev–Trinajstić information content (AvgIpc) is 2.27. The fourth-order valence-electron chi connectivity index (χ4n) is 2.82. The normalized spacial score (nSPS) is 26.1. The summed E-state index contributed by atoms with van der Waals surface area (Å²) >= 11 is 6.00. The van der Waals surface area contributed by atoms with Gasteiger partial charge < -0.3 is 4.74 Å². The van der Waals surface area contributed by atoms with E-state index in [1.807, 2.05) is 6.07 Å². The Kier molecular flexibility index (Phi) is 5.69. The first-order chi connectivity index (χ1) is 8.58. The molecule has 1 fully saturated rings. The number of nitrogens with zero attached hydrogens (tertiary/aromatic N) is 1. The molecule has 1 aromatic rings. The monoisotopic (exact) mass is 279 g/mol. The van der Waals surface area contributed by atoms with Crippen molar-refractivity contribution in [2.24, 2.45) is 11.8 Å². The number of ether oxygens (including phenoxy) is 1. The summed E-state index contributed by atoms with van der Waals surface area (Å²) in [5, 5.41) is 9.29. The molecule has 0 aliphatic heterocycles. The molecule has 0 heterocycles. The summed E-state index contributed by atoms with van der Waals surface area (Å²) in [6.07, 6.45) is 3.76. The Morgan fingerprint density at radius 3 is 2.37 bits per heavy atom. The minimum Gasteiger partial charge on any atom is -0.490 e. The van der Waals surface area contributed by atoms with E-state index in [0.29, 0.717) is 22.4 Å². The van der Waals surface area contributed by atoms with Gasteiger partial charge in [0.1, 0.15) is 11.8 Å². The molecule has 1 saturated carbocycles. The highest BCUT2D eigenvalue weighted by atomic mass is 35.5. The lowest BCUT2D eigenvalue weighted by molar-refractivity contribution is 0.101. The molecule has 1 aromatic carbocycles. The van der Waals surface area contributed by atoms with E-state index < -0.39 is 0 Å². The Hall–Kier alpha value is -1.20. The molecule has 1 aliphatic carbocycles. The molecule has 0 saturated heterocycles. The van der Waals surface area contributed by atoms with Crippen LogP contribution >= 0.6 is 11.6 Å². The maximum Gasteiger partial charge on any atom is 0.121 e. The molecule has 2 rings (SSSR count). The van der Waals surface area contributed by atoms with Crippen LogP contribution in [0.1, 0.15) is 46.1 Å². The molecule has 0 radical (unpaired) electrons. The van der Waals surface area contributed by atoms with Gasteiger partial charge in [-0.05, 0) is 43.2 Å². The zero-order chi connectivity index (χ0) is 13.1. The fourth-order valence-corrected chi connectivity index (χ4v) is 3.03. The fraction of sp³-hybridized carbons (Fsp3) is 0.562. The van der Waals surface area contributed by atoms with Gasteiger partial charge in [-0.15, -0.1) is 0 Å². The summed E-state index contributed by atoms with van der Waals surface area (Å²) in [6, 6.07) is 7.34. The highest BCUT2D eigenvalue weighted by Gasteiger charge is 2.25. The molecule has 0 aromatic heterocycles. The molecule has 2 nitrogen and oxygen atoms in total. The quantitative estimate of drug-likeness (QED) is 0.759. The number of rotatable bonds is 2. The zero-order valence-electron chi connectivity index (χ0n) is 10.8. The van der Waals surface area contributed by atoms with Crippen LogP contribution in [-0.4, -0.2) is 6.10 Å². The van der Waals surface area contributed by atoms with Gasteiger partial charge in [-0.1, -0.05) is 32.9 Å². The maximum absolute atomic E-state index is 8.82. The van der Waals surface area contributed by atoms with Crippen LogP contribution < -0.4 is 4.74 Å². The van der Waals surface area contributed by atoms with Gasteiger partial charge in [-0.25, -0.2) is 0 Å². The van der Waals surface area contributed by atoms with Crippen LogP contribution in [0.2, 0.25) is 5.02 Å². The van der Waals surface area contributed by atoms with E-state index in [0.717, 1.165) is 18.6 Å². The van der Waals surface area contributed by atoms with Gasteiger partial charge in [0, 0.05) is 6.07 Å². The third-order valence-corrected chi connectivity index (χ3v) is 3.81. The van der Waals surface area contributed by atoms with E-state index >= 15 is 0 Å². The third-order valence-electron chi connectivity index (χ3n) is 3.50. The van der Waals surface area contributed by atoms with Gasteiger partial charge in [-0.3, -0.25) is 0 Å². The van der Waals surface area contributed by atoms with Crippen molar-refractivity contribution in [1.82, 2.24) is 0 Å². The maximum atomic E-state index is 8.82. The predicted molar refractivity (Wildman–Crippen MR) is 79.5 cm³/mol. The smallest absolute Gasteiger partial charge is 0.121 e. The van der Waals surface area contributed by atoms with Crippen LogP contribution in [0.3, 0.4) is 0 Å². The van der Waals surface area contributed by atoms with Gasteiger partial charge in [0.15, 0.2) is 0 Å². The standard InChI is InChI=1S/C15H18ClNO.CH4/c1-10-5-11(2)7-14(6-10)18-13-4-3-12(9-17)15(16)8-13;/h3-4,8,10-11,14H,5-7H2,1-2H3;1H4/t10-,11-;/m1./s1. The Morgan fingerprint density at radius 1 is 1.21 bits per heavy atom. The molecule has 0 N–H and O–H groups in total. The van der Waals surface area contributed by atoms with Crippen molar-refractivity contribution >= 4 is 11.6 Å². The number of hydrogen-bond donors (Lipinski definition) is 0. The molecule has 2 atom stereocenters. The van der Waals surface area contributed by atoms with Gasteiger partial charge in [0.2, 0.25) is 0 Å². The second kappa shape index (κ2) is 6.82. The summed E-state index contributed by atoms with van der Waals surface area (Å²) in [5.74, 6) is 2.20. The largest absolute Gasteiger partial charge is 0.490 e. The zero-order valence-corrected chi connectivity index (χ0v) is 11.6. The summed E-state index contributed by atoms with van der Waals surface area (Å²) in [4.78, 5) is 0. The Balaban J connectivity index is 0.00000180. The van der Waals surface area contributed by atoms with E-state index in [-0.39, 0.29) is 13.5 Å². The summed E-state index contributed by atoms with van der Waals surface area (Å²) < 4.78 is 5.98. The van der Waals surface area contributed by atoms with Crippen molar-refractivity contribution in [3.05, 3.63) is 28.8 Å². The van der Waals surface area contributed by atoms with Crippen LogP contribution in [-0.2, 0) is 0 Å². The lowest BCUT2D eigenvalue weighted by atomic mass is 9.82. The molecule has 3 heteroatoms. The SMILES string of the molecule is C.C[C@H]1CC(Oc2ccc(C#N)c(Cl)c2)C[C@H](C)C1. The first kappa shape index (κ1) is 15.9. The predicted octanol–water partition coefficient (Wildman–Crippen LogP) is 5.05. The molecule has 19 heavy (non-hydrogen) atoms. The molecular weight excluding hydrogens is 258 g/mol. The second-order valence-electron chi connectivity index (χ2n) is 5.41. The average molecular weight is 280 g/mol. The van der Waals surface area contributed by atoms with E-state index in [1.165, 1.54) is 6.42 Å². The molecule has 0 bridgehead atoms. The summed E-state index contributed by atoms with van der Waals surface area (Å²) in [5.41, 5.74) is 0.495. The highest BCUT2D eigenvalue weighted by molar-refractivity contribution is 6.31. The van der Waals surface area contributed by atoms with Crippen LogP contribution in [0.25, 0.3) is 0 Å². The van der Waals surface area contributed by atoms with E-state index in [1.54, 1.807) is 12.1 Å². The molecule has 0 amide bonds. The van der Waals surface area contributed by atoms with E-state index in [2.05, 4.69) is 19.9 Å². The van der Waals surface area contributed by atoms with Crippen LogP contribution in [0.5, 0.6) is 5.75 Å². The van der Waals surface area contributed by atoms with Crippen molar-refractivity contribution in [3.8, 4) is 11.8 Å². The lowest BCUT2D eigenvalue weighted by Crippen LogP contribution is -2.28. The number of nitriles is 1. The molecule has 104 valence electrons. The molecule has 0 unspecified atom stereocenters. The minimum absolute atomic E-state index is 0. The van der Waals surface area contributed by atoms with Crippen molar-refractivity contribution in [2.45, 2.75) is 46.6 Å². The van der Waals surface area contributed by atoms with E-state index in [9.17, 15) is 0 Å². The number of halogens is 1. The van der Waals surface area contributed by atoms with Gasteiger partial charge in [-0.2, -0.15) is 5.26 Å². The first-order valence-electron chi connectivity index (χ1n) is 6.44. The van der Waals surface area contributed by atoms with Crippen molar-refractivity contribution < 1.29 is 4.74 Å². The van der Waals surface area contributed by atoms with Gasteiger partial charge >= 0.3 is 0 Å². The number of hydrogen-bond acceptors (Lipinski definition) is 2. The van der Waals surface area contributed by atoms with Crippen molar-refractivity contribution in [1.29, 1.82) is 5.26 Å². The van der Waals surface area contributed by atoms with Crippen molar-refractivity contribution in [2.75, 3.05) is 0 Å². The van der Waals surface area contributed by atoms with Crippen LogP contribution in [0.15, 0.2) is 18.2 Å². The second-order valence-corrected chi connectivity index (χ2v) is 5.82. The summed E-state index contributed by atoms with van der Waals surface area (Å²) in [7, 11) is 0. The van der Waals surface area contributed by atoms with Crippen LogP contribution in [0.4, 0.5) is 0 Å². The Bertz CT molecular complexity index is 456. The summed E-state index contributed by atoms with van der Waals surface area (Å²) in [6.45, 7) is 4.55. The number of benzene rings is 1. The van der Waals surface area contributed by atoms with E-state index in [4.69, 9.17) is 21.6 Å². The van der Waals surface area contributed by atoms with Gasteiger partial charge in [0.05, 0.1) is 16.7 Å². The minimum atomic E-state index is 0. The third kappa shape index (κ3) is 4.14. The highest BCUT2D eigenvalue weighted by Crippen LogP contribution is 2.32. The van der Waals surface area contributed by atoms with Gasteiger partial charge in [0.25, 0.3) is 0 Å². The Labute approximate surface area is 121 Å².